The largest absolute Gasteiger partial charge is 0.462 e. The zero-order chi connectivity index (χ0) is 21.3. The van der Waals surface area contributed by atoms with Gasteiger partial charge in [0.05, 0.1) is 12.2 Å². The summed E-state index contributed by atoms with van der Waals surface area (Å²) in [4.78, 5) is 26.2. The van der Waals surface area contributed by atoms with E-state index in [-0.39, 0.29) is 11.2 Å². The van der Waals surface area contributed by atoms with Gasteiger partial charge in [-0.1, -0.05) is 56.5 Å². The summed E-state index contributed by atoms with van der Waals surface area (Å²) in [5.74, 6) is -0.941. The zero-order valence-corrected chi connectivity index (χ0v) is 18.8. The molecule has 1 aliphatic heterocycles. The van der Waals surface area contributed by atoms with Crippen molar-refractivity contribution in [3.8, 4) is 0 Å². The standard InChI is InChI=1S/C23H27Cl2NO3/c1-5-6-9-29-22(28)19-13(2)26-17-11-23(3,4)12-18(27)21(17)20(19)15-8-7-14(24)10-16(15)25/h7-8,10,20,26H,5-6,9,11-12H2,1-4H3. The molecule has 0 fully saturated rings. The molecule has 29 heavy (non-hydrogen) atoms. The first kappa shape index (κ1) is 21.9. The second-order valence-corrected chi connectivity index (χ2v) is 9.43. The van der Waals surface area contributed by atoms with Crippen LogP contribution >= 0.6 is 23.2 Å². The van der Waals surface area contributed by atoms with E-state index >= 15 is 0 Å². The molecule has 4 nitrogen and oxygen atoms in total. The van der Waals surface area contributed by atoms with Crippen molar-refractivity contribution < 1.29 is 14.3 Å². The van der Waals surface area contributed by atoms with Gasteiger partial charge in [0, 0.05) is 39.4 Å². The highest BCUT2D eigenvalue weighted by molar-refractivity contribution is 6.35. The van der Waals surface area contributed by atoms with Crippen LogP contribution in [0.15, 0.2) is 40.7 Å². The van der Waals surface area contributed by atoms with Crippen molar-refractivity contribution in [2.45, 2.75) is 59.3 Å². The van der Waals surface area contributed by atoms with Crippen LogP contribution in [-0.2, 0) is 14.3 Å². The Morgan fingerprint density at radius 2 is 2.00 bits per heavy atom. The number of ether oxygens (including phenoxy) is 1. The Bertz CT molecular complexity index is 915. The number of nitrogens with one attached hydrogen (secondary N) is 1. The number of carbonyl (C=O) groups is 2. The lowest BCUT2D eigenvalue weighted by Crippen LogP contribution is -2.38. The van der Waals surface area contributed by atoms with E-state index in [0.29, 0.717) is 45.5 Å². The lowest BCUT2D eigenvalue weighted by atomic mass is 9.68. The smallest absolute Gasteiger partial charge is 0.336 e. The lowest BCUT2D eigenvalue weighted by Gasteiger charge is -2.39. The number of benzene rings is 1. The number of allylic oxidation sites excluding steroid dienone is 3. The summed E-state index contributed by atoms with van der Waals surface area (Å²) in [5.41, 5.74) is 3.17. The summed E-state index contributed by atoms with van der Waals surface area (Å²) in [6, 6.07) is 5.18. The molecule has 1 aromatic carbocycles. The highest BCUT2D eigenvalue weighted by atomic mass is 35.5. The third-order valence-corrected chi connectivity index (χ3v) is 6.03. The fourth-order valence-corrected chi connectivity index (χ4v) is 4.66. The molecule has 156 valence electrons. The molecule has 0 saturated heterocycles. The second-order valence-electron chi connectivity index (χ2n) is 8.59. The molecule has 0 bridgehead atoms. The average Bonchev–Trinajstić information content (AvgIpc) is 2.59. The van der Waals surface area contributed by atoms with E-state index in [9.17, 15) is 9.59 Å². The van der Waals surface area contributed by atoms with Crippen LogP contribution in [0.5, 0.6) is 0 Å². The molecule has 6 heteroatoms. The van der Waals surface area contributed by atoms with Crippen molar-refractivity contribution in [2.75, 3.05) is 6.61 Å². The van der Waals surface area contributed by atoms with Crippen LogP contribution < -0.4 is 5.32 Å². The van der Waals surface area contributed by atoms with Crippen molar-refractivity contribution >= 4 is 35.0 Å². The Balaban J connectivity index is 2.13. The van der Waals surface area contributed by atoms with Crippen molar-refractivity contribution in [3.63, 3.8) is 0 Å². The van der Waals surface area contributed by atoms with Gasteiger partial charge in [0.1, 0.15) is 0 Å². The first-order valence-electron chi connectivity index (χ1n) is 10.0. The van der Waals surface area contributed by atoms with Crippen molar-refractivity contribution in [1.82, 2.24) is 5.32 Å². The molecule has 1 aliphatic carbocycles. The van der Waals surface area contributed by atoms with Crippen molar-refractivity contribution in [3.05, 3.63) is 56.3 Å². The van der Waals surface area contributed by atoms with Gasteiger partial charge in [-0.05, 0) is 42.9 Å². The summed E-state index contributed by atoms with van der Waals surface area (Å²) in [7, 11) is 0. The summed E-state index contributed by atoms with van der Waals surface area (Å²) < 4.78 is 5.52. The maximum Gasteiger partial charge on any atom is 0.336 e. The first-order chi connectivity index (χ1) is 13.6. The highest BCUT2D eigenvalue weighted by Gasteiger charge is 2.43. The first-order valence-corrected chi connectivity index (χ1v) is 10.8. The summed E-state index contributed by atoms with van der Waals surface area (Å²) in [6.45, 7) is 8.39. The number of unbranched alkanes of at least 4 members (excludes halogenated alkanes) is 1. The predicted octanol–water partition coefficient (Wildman–Crippen LogP) is 5.94. The quantitative estimate of drug-likeness (QED) is 0.459. The Hall–Kier alpha value is -1.78. The summed E-state index contributed by atoms with van der Waals surface area (Å²) in [5, 5.41) is 4.26. The number of hydrogen-bond donors (Lipinski definition) is 1. The molecule has 1 unspecified atom stereocenters. The minimum absolute atomic E-state index is 0.0334. The maximum absolute atomic E-state index is 13.2. The van der Waals surface area contributed by atoms with Crippen LogP contribution in [0.3, 0.4) is 0 Å². The van der Waals surface area contributed by atoms with E-state index < -0.39 is 11.9 Å². The van der Waals surface area contributed by atoms with Gasteiger partial charge in [-0.3, -0.25) is 4.79 Å². The van der Waals surface area contributed by atoms with E-state index in [2.05, 4.69) is 19.2 Å². The van der Waals surface area contributed by atoms with Gasteiger partial charge in [0.15, 0.2) is 5.78 Å². The Labute approximate surface area is 182 Å². The number of ketones is 1. The Kier molecular flexibility index (Phi) is 6.45. The molecule has 0 radical (unpaired) electrons. The van der Waals surface area contributed by atoms with Gasteiger partial charge < -0.3 is 10.1 Å². The molecule has 2 aliphatic rings. The molecule has 1 heterocycles. The Morgan fingerprint density at radius 1 is 1.28 bits per heavy atom. The number of hydrogen-bond acceptors (Lipinski definition) is 4. The third-order valence-electron chi connectivity index (χ3n) is 5.46. The summed E-state index contributed by atoms with van der Waals surface area (Å²) >= 11 is 12.6. The average molecular weight is 436 g/mol. The number of Topliss-reactive ketones (excluding diaryl/α,β-unsaturated/α-hetero) is 1. The van der Waals surface area contributed by atoms with Gasteiger partial charge in [-0.15, -0.1) is 0 Å². The number of carbonyl (C=O) groups excluding carboxylic acids is 2. The fraction of sp³-hybridized carbons (Fsp3) is 0.478. The fourth-order valence-electron chi connectivity index (χ4n) is 4.14. The van der Waals surface area contributed by atoms with Crippen molar-refractivity contribution in [1.29, 1.82) is 0 Å². The SMILES string of the molecule is CCCCOC(=O)C1=C(C)NC2=C(C(=O)CC(C)(C)C2)C1c1ccc(Cl)cc1Cl. The van der Waals surface area contributed by atoms with Crippen LogP contribution in [0.25, 0.3) is 0 Å². The van der Waals surface area contributed by atoms with E-state index in [1.165, 1.54) is 0 Å². The van der Waals surface area contributed by atoms with Gasteiger partial charge in [-0.2, -0.15) is 0 Å². The molecule has 0 amide bonds. The molecule has 1 N–H and O–H groups in total. The molecule has 0 spiro atoms. The van der Waals surface area contributed by atoms with Crippen LogP contribution in [-0.4, -0.2) is 18.4 Å². The van der Waals surface area contributed by atoms with E-state index in [0.717, 1.165) is 25.0 Å². The lowest BCUT2D eigenvalue weighted by molar-refractivity contribution is -0.139. The zero-order valence-electron chi connectivity index (χ0n) is 17.3. The molecule has 1 atom stereocenters. The van der Waals surface area contributed by atoms with Gasteiger partial charge in [0.2, 0.25) is 0 Å². The molecule has 0 saturated carbocycles. The topological polar surface area (TPSA) is 55.4 Å². The predicted molar refractivity (Wildman–Crippen MR) is 116 cm³/mol. The maximum atomic E-state index is 13.2. The van der Waals surface area contributed by atoms with Crippen LogP contribution in [0.1, 0.15) is 64.9 Å². The van der Waals surface area contributed by atoms with E-state index in [1.807, 2.05) is 13.8 Å². The minimum Gasteiger partial charge on any atom is -0.462 e. The van der Waals surface area contributed by atoms with Gasteiger partial charge in [-0.25, -0.2) is 4.79 Å². The number of dihydropyridines is 1. The van der Waals surface area contributed by atoms with Crippen LogP contribution in [0.2, 0.25) is 10.0 Å². The minimum atomic E-state index is -0.561. The molecular weight excluding hydrogens is 409 g/mol. The van der Waals surface area contributed by atoms with Gasteiger partial charge in [0.25, 0.3) is 0 Å². The molecular formula is C23H27Cl2NO3. The van der Waals surface area contributed by atoms with E-state index in [4.69, 9.17) is 27.9 Å². The van der Waals surface area contributed by atoms with Crippen molar-refractivity contribution in [2.24, 2.45) is 5.41 Å². The van der Waals surface area contributed by atoms with Gasteiger partial charge >= 0.3 is 5.97 Å². The Morgan fingerprint density at radius 3 is 2.66 bits per heavy atom. The number of esters is 1. The van der Waals surface area contributed by atoms with E-state index in [1.54, 1.807) is 18.2 Å². The second kappa shape index (κ2) is 8.53. The molecule has 0 aromatic heterocycles. The van der Waals surface area contributed by atoms with Crippen LogP contribution in [0, 0.1) is 5.41 Å². The summed E-state index contributed by atoms with van der Waals surface area (Å²) in [6.07, 6.45) is 2.87. The molecule has 3 rings (SSSR count). The molecule has 1 aromatic rings. The van der Waals surface area contributed by atoms with Crippen LogP contribution in [0.4, 0.5) is 0 Å². The third kappa shape index (κ3) is 4.54. The normalized spacial score (nSPS) is 21.0. The highest BCUT2D eigenvalue weighted by Crippen LogP contribution is 2.48. The number of halogens is 2. The number of rotatable bonds is 5. The monoisotopic (exact) mass is 435 g/mol.